The molecule has 0 unspecified atom stereocenters. The molecule has 2 heterocycles. The highest BCUT2D eigenvalue weighted by Crippen LogP contribution is 2.33. The van der Waals surface area contributed by atoms with Gasteiger partial charge in [-0.2, -0.15) is 0 Å². The summed E-state index contributed by atoms with van der Waals surface area (Å²) in [7, 11) is 0. The van der Waals surface area contributed by atoms with Crippen LogP contribution in [0.25, 0.3) is 0 Å². The van der Waals surface area contributed by atoms with Gasteiger partial charge in [0.15, 0.2) is 11.5 Å². The molecule has 3 aromatic carbocycles. The summed E-state index contributed by atoms with van der Waals surface area (Å²) < 4.78 is 22.8. The van der Waals surface area contributed by atoms with E-state index in [2.05, 4.69) is 11.0 Å². The van der Waals surface area contributed by atoms with Crippen molar-refractivity contribution in [1.82, 2.24) is 9.80 Å². The number of hydrogen-bond acceptors (Lipinski definition) is 6. The molecule has 188 valence electrons. The molecule has 36 heavy (non-hydrogen) atoms. The molecule has 5 rings (SSSR count). The lowest BCUT2D eigenvalue weighted by atomic mass is 10.1. The number of amides is 1. The Morgan fingerprint density at radius 2 is 1.69 bits per heavy atom. The van der Waals surface area contributed by atoms with E-state index in [1.165, 1.54) is 5.56 Å². The van der Waals surface area contributed by atoms with Gasteiger partial charge >= 0.3 is 0 Å². The number of fused-ring (bicyclic) bond motifs is 1. The molecule has 1 saturated heterocycles. The van der Waals surface area contributed by atoms with Gasteiger partial charge in [0.2, 0.25) is 6.79 Å². The molecule has 0 radical (unpaired) electrons. The van der Waals surface area contributed by atoms with Crippen LogP contribution in [0.15, 0.2) is 60.7 Å². The minimum atomic E-state index is 0.0397. The van der Waals surface area contributed by atoms with Gasteiger partial charge in [0.05, 0.1) is 6.61 Å². The lowest BCUT2D eigenvalue weighted by molar-refractivity contribution is 0.0628. The van der Waals surface area contributed by atoms with Crippen LogP contribution in [0, 0.1) is 6.92 Å². The van der Waals surface area contributed by atoms with Crippen LogP contribution < -0.4 is 18.9 Å². The number of aryl methyl sites for hydroxylation is 1. The van der Waals surface area contributed by atoms with E-state index in [4.69, 9.17) is 18.9 Å². The molecule has 3 aromatic rings. The van der Waals surface area contributed by atoms with E-state index < -0.39 is 0 Å². The van der Waals surface area contributed by atoms with Crippen LogP contribution in [-0.2, 0) is 13.2 Å². The predicted octanol–water partition coefficient (Wildman–Crippen LogP) is 4.66. The molecule has 2 aliphatic heterocycles. The number of carbonyl (C=O) groups excluding carboxylic acids is 1. The molecule has 0 saturated carbocycles. The van der Waals surface area contributed by atoms with Gasteiger partial charge in [-0.15, -0.1) is 0 Å². The van der Waals surface area contributed by atoms with Crippen LogP contribution in [-0.4, -0.2) is 55.3 Å². The van der Waals surface area contributed by atoms with Crippen LogP contribution in [0.3, 0.4) is 0 Å². The first-order valence-electron chi connectivity index (χ1n) is 12.4. The van der Waals surface area contributed by atoms with Crippen molar-refractivity contribution in [3.05, 3.63) is 82.9 Å². The summed E-state index contributed by atoms with van der Waals surface area (Å²) in [5, 5.41) is 0. The Morgan fingerprint density at radius 3 is 2.50 bits per heavy atom. The second kappa shape index (κ2) is 10.9. The van der Waals surface area contributed by atoms with E-state index in [1.807, 2.05) is 73.3 Å². The number of rotatable bonds is 8. The Balaban J connectivity index is 1.21. The molecular weight excluding hydrogens is 456 g/mol. The van der Waals surface area contributed by atoms with Gasteiger partial charge in [-0.3, -0.25) is 9.69 Å². The average Bonchev–Trinajstić information content (AvgIpc) is 3.37. The van der Waals surface area contributed by atoms with Crippen molar-refractivity contribution in [3.63, 3.8) is 0 Å². The third-order valence-corrected chi connectivity index (χ3v) is 6.59. The summed E-state index contributed by atoms with van der Waals surface area (Å²) in [6.07, 6.45) is 0. The minimum Gasteiger partial charge on any atom is -0.493 e. The van der Waals surface area contributed by atoms with E-state index in [0.29, 0.717) is 31.9 Å². The number of piperazine rings is 1. The normalized spacial score (nSPS) is 15.1. The van der Waals surface area contributed by atoms with Crippen LogP contribution in [0.4, 0.5) is 0 Å². The maximum Gasteiger partial charge on any atom is 0.253 e. The zero-order valence-electron chi connectivity index (χ0n) is 20.9. The van der Waals surface area contributed by atoms with Crippen molar-refractivity contribution in [2.45, 2.75) is 27.0 Å². The van der Waals surface area contributed by atoms with Crippen molar-refractivity contribution in [2.24, 2.45) is 0 Å². The van der Waals surface area contributed by atoms with E-state index in [-0.39, 0.29) is 12.7 Å². The first-order chi connectivity index (χ1) is 17.6. The summed E-state index contributed by atoms with van der Waals surface area (Å²) in [4.78, 5) is 17.6. The number of ether oxygens (including phenoxy) is 4. The smallest absolute Gasteiger partial charge is 0.253 e. The van der Waals surface area contributed by atoms with E-state index >= 15 is 0 Å². The van der Waals surface area contributed by atoms with Crippen LogP contribution >= 0.6 is 0 Å². The maximum atomic E-state index is 13.3. The average molecular weight is 489 g/mol. The Labute approximate surface area is 212 Å². The van der Waals surface area contributed by atoms with Gasteiger partial charge in [0, 0.05) is 43.9 Å². The molecule has 0 spiro atoms. The van der Waals surface area contributed by atoms with E-state index in [0.717, 1.165) is 53.8 Å². The number of benzene rings is 3. The maximum absolute atomic E-state index is 13.3. The van der Waals surface area contributed by atoms with Gasteiger partial charge in [-0.25, -0.2) is 0 Å². The Bertz CT molecular complexity index is 1220. The molecule has 7 nitrogen and oxygen atoms in total. The Hall–Kier alpha value is -3.71. The molecule has 0 bridgehead atoms. The highest BCUT2D eigenvalue weighted by atomic mass is 16.7. The third-order valence-electron chi connectivity index (χ3n) is 6.59. The van der Waals surface area contributed by atoms with Crippen molar-refractivity contribution in [3.8, 4) is 23.0 Å². The summed E-state index contributed by atoms with van der Waals surface area (Å²) >= 11 is 0. The van der Waals surface area contributed by atoms with Gasteiger partial charge in [0.25, 0.3) is 5.91 Å². The van der Waals surface area contributed by atoms with Crippen LogP contribution in [0.5, 0.6) is 23.0 Å². The van der Waals surface area contributed by atoms with Crippen molar-refractivity contribution in [2.75, 3.05) is 39.6 Å². The Kier molecular flexibility index (Phi) is 7.28. The van der Waals surface area contributed by atoms with Crippen LogP contribution in [0.1, 0.15) is 34.0 Å². The van der Waals surface area contributed by atoms with Crippen LogP contribution in [0.2, 0.25) is 0 Å². The first kappa shape index (κ1) is 24.0. The van der Waals surface area contributed by atoms with Gasteiger partial charge in [-0.1, -0.05) is 24.3 Å². The molecular formula is C29H32N2O5. The highest BCUT2D eigenvalue weighted by molar-refractivity contribution is 5.94. The fourth-order valence-electron chi connectivity index (χ4n) is 4.58. The molecule has 1 amide bonds. The minimum absolute atomic E-state index is 0.0397. The number of para-hydroxylation sites is 1. The molecule has 0 aliphatic carbocycles. The number of hydrogen-bond donors (Lipinski definition) is 0. The van der Waals surface area contributed by atoms with Gasteiger partial charge in [0.1, 0.15) is 18.1 Å². The zero-order valence-corrected chi connectivity index (χ0v) is 20.9. The highest BCUT2D eigenvalue weighted by Gasteiger charge is 2.24. The summed E-state index contributed by atoms with van der Waals surface area (Å²) in [5.74, 6) is 3.22. The quantitative estimate of drug-likeness (QED) is 0.460. The number of carbonyl (C=O) groups is 1. The fourth-order valence-corrected chi connectivity index (χ4v) is 4.58. The van der Waals surface area contributed by atoms with E-state index in [1.54, 1.807) is 0 Å². The molecule has 1 fully saturated rings. The van der Waals surface area contributed by atoms with Gasteiger partial charge in [-0.05, 0) is 61.4 Å². The zero-order chi connectivity index (χ0) is 24.9. The molecule has 0 atom stereocenters. The summed E-state index contributed by atoms with van der Waals surface area (Å²) in [5.41, 5.74) is 3.78. The molecule has 7 heteroatoms. The second-order valence-corrected chi connectivity index (χ2v) is 9.07. The molecule has 0 N–H and O–H groups in total. The van der Waals surface area contributed by atoms with E-state index in [9.17, 15) is 4.79 Å². The van der Waals surface area contributed by atoms with Crippen molar-refractivity contribution < 1.29 is 23.7 Å². The second-order valence-electron chi connectivity index (χ2n) is 9.07. The van der Waals surface area contributed by atoms with Gasteiger partial charge < -0.3 is 23.8 Å². The predicted molar refractivity (Wildman–Crippen MR) is 137 cm³/mol. The number of nitrogens with zero attached hydrogens (tertiary/aromatic N) is 2. The summed E-state index contributed by atoms with van der Waals surface area (Å²) in [6.45, 7) is 8.98. The third kappa shape index (κ3) is 5.41. The largest absolute Gasteiger partial charge is 0.493 e. The van der Waals surface area contributed by atoms with Crippen molar-refractivity contribution >= 4 is 5.91 Å². The standard InChI is InChI=1S/C29H32N2O5/c1-3-33-26-11-9-23(17-24(26)19-34-25-7-5-4-6-21(25)2)29(32)31-14-12-30(13-15-31)18-22-8-10-27-28(16-22)36-20-35-27/h4-11,16-17H,3,12-15,18-20H2,1-2H3. The fraction of sp³-hybridized carbons (Fsp3) is 0.345. The van der Waals surface area contributed by atoms with Crippen molar-refractivity contribution in [1.29, 1.82) is 0 Å². The lowest BCUT2D eigenvalue weighted by Crippen LogP contribution is -2.48. The lowest BCUT2D eigenvalue weighted by Gasteiger charge is -2.35. The summed E-state index contributed by atoms with van der Waals surface area (Å²) in [6, 6.07) is 19.6. The SMILES string of the molecule is CCOc1ccc(C(=O)N2CCN(Cc3ccc4c(c3)OCO4)CC2)cc1COc1ccccc1C. The first-order valence-corrected chi connectivity index (χ1v) is 12.4. The monoisotopic (exact) mass is 488 g/mol. The molecule has 2 aliphatic rings. The molecule has 0 aromatic heterocycles. The Morgan fingerprint density at radius 1 is 0.889 bits per heavy atom. The topological polar surface area (TPSA) is 60.5 Å².